The van der Waals surface area contributed by atoms with Gasteiger partial charge in [0.15, 0.2) is 0 Å². The van der Waals surface area contributed by atoms with Crippen LogP contribution in [0, 0.1) is 0 Å². The number of nitrogens with two attached hydrogens (primary N) is 1. The van der Waals surface area contributed by atoms with Crippen LogP contribution in [0.3, 0.4) is 0 Å². The second-order valence-corrected chi connectivity index (χ2v) is 4.11. The molecular weight excluding hydrogens is 270 g/mol. The van der Waals surface area contributed by atoms with Gasteiger partial charge in [0, 0.05) is 20.1 Å². The van der Waals surface area contributed by atoms with Gasteiger partial charge in [-0.25, -0.2) is 0 Å². The minimum absolute atomic E-state index is 0.0275. The van der Waals surface area contributed by atoms with Crippen molar-refractivity contribution in [3.05, 3.63) is 29.8 Å². The molecule has 0 radical (unpaired) electrons. The van der Waals surface area contributed by atoms with Crippen molar-refractivity contribution in [2.75, 3.05) is 26.8 Å². The topological polar surface area (TPSA) is 64.8 Å². The first-order chi connectivity index (χ1) is 9.52. The molecule has 5 nitrogen and oxygen atoms in total. The Morgan fingerprint density at radius 2 is 2.00 bits per heavy atom. The van der Waals surface area contributed by atoms with Gasteiger partial charge in [0.1, 0.15) is 12.4 Å². The fourth-order valence-electron chi connectivity index (χ4n) is 1.49. The van der Waals surface area contributed by atoms with Gasteiger partial charge < -0.3 is 20.1 Å². The smallest absolute Gasteiger partial charge is 0.387 e. The molecule has 0 aliphatic rings. The van der Waals surface area contributed by atoms with Crippen LogP contribution >= 0.6 is 0 Å². The quantitative estimate of drug-likeness (QED) is 0.731. The van der Waals surface area contributed by atoms with E-state index in [-0.39, 0.29) is 18.3 Å². The number of nitrogens with zero attached hydrogens (tertiary/aromatic N) is 1. The van der Waals surface area contributed by atoms with E-state index >= 15 is 0 Å². The summed E-state index contributed by atoms with van der Waals surface area (Å²) in [6.45, 7) is -1.81. The van der Waals surface area contributed by atoms with Gasteiger partial charge in [-0.05, 0) is 17.7 Å². The summed E-state index contributed by atoms with van der Waals surface area (Å²) in [6.07, 6.45) is 0. The minimum atomic E-state index is -2.84. The summed E-state index contributed by atoms with van der Waals surface area (Å²) in [5.41, 5.74) is 6.05. The lowest BCUT2D eigenvalue weighted by Crippen LogP contribution is -2.30. The Bertz CT molecular complexity index is 413. The zero-order valence-corrected chi connectivity index (χ0v) is 11.2. The maximum atomic E-state index is 12.0. The molecule has 0 bridgehead atoms. The highest BCUT2D eigenvalue weighted by Crippen LogP contribution is 2.15. The molecule has 0 aliphatic heterocycles. The number of hydrogen-bond acceptors (Lipinski definition) is 4. The Hall–Kier alpha value is -1.73. The monoisotopic (exact) mass is 288 g/mol. The largest absolute Gasteiger partial charge is 0.435 e. The van der Waals surface area contributed by atoms with E-state index in [2.05, 4.69) is 4.74 Å². The summed E-state index contributed by atoms with van der Waals surface area (Å²) in [6, 6.07) is 6.12. The van der Waals surface area contributed by atoms with Crippen molar-refractivity contribution in [3.8, 4) is 5.75 Å². The van der Waals surface area contributed by atoms with Crippen molar-refractivity contribution in [1.29, 1.82) is 0 Å². The van der Waals surface area contributed by atoms with Crippen LogP contribution in [0.1, 0.15) is 5.56 Å². The van der Waals surface area contributed by atoms with E-state index in [0.29, 0.717) is 19.7 Å². The summed E-state index contributed by atoms with van der Waals surface area (Å²) >= 11 is 0. The lowest BCUT2D eigenvalue weighted by molar-refractivity contribution is -0.135. The molecule has 1 aromatic rings. The average molecular weight is 288 g/mol. The van der Waals surface area contributed by atoms with Crippen molar-refractivity contribution in [2.24, 2.45) is 5.73 Å². The molecule has 0 saturated heterocycles. The standard InChI is InChI=1S/C13H18F2N2O3/c1-17(12(18)9-19-7-6-16)8-10-2-4-11(5-3-10)20-13(14)15/h2-5,13H,6-9,16H2,1H3. The van der Waals surface area contributed by atoms with Crippen LogP contribution in [0.4, 0.5) is 8.78 Å². The third-order valence-corrected chi connectivity index (χ3v) is 2.48. The van der Waals surface area contributed by atoms with Crippen LogP contribution in [0.2, 0.25) is 0 Å². The van der Waals surface area contributed by atoms with E-state index in [1.165, 1.54) is 17.0 Å². The lowest BCUT2D eigenvalue weighted by atomic mass is 10.2. The molecule has 0 spiro atoms. The number of alkyl halides is 2. The number of amides is 1. The zero-order valence-electron chi connectivity index (χ0n) is 11.2. The van der Waals surface area contributed by atoms with Gasteiger partial charge in [0.2, 0.25) is 5.91 Å². The Balaban J connectivity index is 2.45. The summed E-state index contributed by atoms with van der Waals surface area (Å²) < 4.78 is 33.3. The van der Waals surface area contributed by atoms with Gasteiger partial charge in [-0.2, -0.15) is 8.78 Å². The molecular formula is C13H18F2N2O3. The van der Waals surface area contributed by atoms with Gasteiger partial charge in [-0.3, -0.25) is 4.79 Å². The van der Waals surface area contributed by atoms with Crippen molar-refractivity contribution < 1.29 is 23.0 Å². The van der Waals surface area contributed by atoms with Crippen molar-refractivity contribution in [1.82, 2.24) is 4.90 Å². The Kier molecular flexibility index (Phi) is 6.89. The molecule has 1 aromatic carbocycles. The van der Waals surface area contributed by atoms with Crippen LogP contribution in [0.25, 0.3) is 0 Å². The summed E-state index contributed by atoms with van der Waals surface area (Å²) in [5, 5.41) is 0. The van der Waals surface area contributed by atoms with E-state index in [4.69, 9.17) is 10.5 Å². The first-order valence-corrected chi connectivity index (χ1v) is 6.08. The van der Waals surface area contributed by atoms with Gasteiger partial charge in [0.25, 0.3) is 0 Å². The molecule has 20 heavy (non-hydrogen) atoms. The molecule has 0 heterocycles. The normalized spacial score (nSPS) is 10.7. The predicted octanol–water partition coefficient (Wildman–Crippen LogP) is 1.22. The molecule has 0 saturated carbocycles. The first kappa shape index (κ1) is 16.3. The molecule has 7 heteroatoms. The Morgan fingerprint density at radius 1 is 1.35 bits per heavy atom. The maximum Gasteiger partial charge on any atom is 0.387 e. The fraction of sp³-hybridized carbons (Fsp3) is 0.462. The number of likely N-dealkylation sites (N-methyl/N-ethyl adjacent to an activating group) is 1. The molecule has 0 unspecified atom stereocenters. The number of carbonyl (C=O) groups is 1. The fourth-order valence-corrected chi connectivity index (χ4v) is 1.49. The van der Waals surface area contributed by atoms with Gasteiger partial charge in [-0.1, -0.05) is 12.1 Å². The number of halogens is 2. The van der Waals surface area contributed by atoms with Gasteiger partial charge in [-0.15, -0.1) is 0 Å². The highest BCUT2D eigenvalue weighted by molar-refractivity contribution is 5.77. The lowest BCUT2D eigenvalue weighted by Gasteiger charge is -2.17. The highest BCUT2D eigenvalue weighted by Gasteiger charge is 2.10. The number of ether oxygens (including phenoxy) is 2. The van der Waals surface area contributed by atoms with E-state index in [1.54, 1.807) is 19.2 Å². The van der Waals surface area contributed by atoms with E-state index in [0.717, 1.165) is 5.56 Å². The Morgan fingerprint density at radius 3 is 2.55 bits per heavy atom. The van der Waals surface area contributed by atoms with Crippen LogP contribution in [-0.2, 0) is 16.1 Å². The van der Waals surface area contributed by atoms with E-state index in [9.17, 15) is 13.6 Å². The van der Waals surface area contributed by atoms with Crippen LogP contribution in [0.5, 0.6) is 5.75 Å². The number of carbonyl (C=O) groups excluding carboxylic acids is 1. The Labute approximate surface area is 116 Å². The van der Waals surface area contributed by atoms with Gasteiger partial charge >= 0.3 is 6.61 Å². The number of rotatable bonds is 8. The molecule has 0 aromatic heterocycles. The molecule has 0 fully saturated rings. The molecule has 112 valence electrons. The molecule has 1 amide bonds. The van der Waals surface area contributed by atoms with Crippen molar-refractivity contribution in [2.45, 2.75) is 13.2 Å². The van der Waals surface area contributed by atoms with E-state index < -0.39 is 6.61 Å². The zero-order chi connectivity index (χ0) is 15.0. The first-order valence-electron chi connectivity index (χ1n) is 6.08. The van der Waals surface area contributed by atoms with Crippen LogP contribution < -0.4 is 10.5 Å². The predicted molar refractivity (Wildman–Crippen MR) is 69.4 cm³/mol. The molecule has 1 rings (SSSR count). The maximum absolute atomic E-state index is 12.0. The van der Waals surface area contributed by atoms with Crippen LogP contribution in [0.15, 0.2) is 24.3 Å². The second-order valence-electron chi connectivity index (χ2n) is 4.11. The summed E-state index contributed by atoms with van der Waals surface area (Å²) in [4.78, 5) is 13.2. The van der Waals surface area contributed by atoms with Gasteiger partial charge in [0.05, 0.1) is 6.61 Å². The SMILES string of the molecule is CN(Cc1ccc(OC(F)F)cc1)C(=O)COCCN. The molecule has 0 atom stereocenters. The molecule has 0 aliphatic carbocycles. The number of hydrogen-bond donors (Lipinski definition) is 1. The summed E-state index contributed by atoms with van der Waals surface area (Å²) in [7, 11) is 1.64. The van der Waals surface area contributed by atoms with E-state index in [1.807, 2.05) is 0 Å². The van der Waals surface area contributed by atoms with Crippen LogP contribution in [-0.4, -0.2) is 44.2 Å². The van der Waals surface area contributed by atoms with Crippen molar-refractivity contribution >= 4 is 5.91 Å². The molecule has 2 N–H and O–H groups in total. The third kappa shape index (κ3) is 5.94. The third-order valence-electron chi connectivity index (χ3n) is 2.48. The van der Waals surface area contributed by atoms with Crippen molar-refractivity contribution in [3.63, 3.8) is 0 Å². The second kappa shape index (κ2) is 8.44. The summed E-state index contributed by atoms with van der Waals surface area (Å²) in [5.74, 6) is -0.0876. The average Bonchev–Trinajstić information content (AvgIpc) is 2.40. The minimum Gasteiger partial charge on any atom is -0.435 e. The number of benzene rings is 1. The highest BCUT2D eigenvalue weighted by atomic mass is 19.3.